The molecule has 0 bridgehead atoms. The van der Waals surface area contributed by atoms with Crippen molar-refractivity contribution in [3.63, 3.8) is 0 Å². The van der Waals surface area contributed by atoms with E-state index in [1.165, 1.54) is 19.3 Å². The smallest absolute Gasteiger partial charge is 0.188 e. The summed E-state index contributed by atoms with van der Waals surface area (Å²) in [4.78, 5) is 8.88. The predicted octanol–water partition coefficient (Wildman–Crippen LogP) is 3.82. The first kappa shape index (κ1) is 16.4. The number of aromatic nitrogens is 2. The van der Waals surface area contributed by atoms with Crippen molar-refractivity contribution in [1.29, 1.82) is 0 Å². The number of nitrogens with one attached hydrogen (secondary N) is 1. The van der Waals surface area contributed by atoms with E-state index in [-0.39, 0.29) is 0 Å². The molecular formula is C15H27N3S. The Balaban J connectivity index is 2.67. The summed E-state index contributed by atoms with van der Waals surface area (Å²) in [5.74, 6) is 0. The van der Waals surface area contributed by atoms with E-state index < -0.39 is 0 Å². The molecule has 19 heavy (non-hydrogen) atoms. The molecule has 1 heterocycles. The van der Waals surface area contributed by atoms with Crippen LogP contribution < -0.4 is 5.32 Å². The maximum absolute atomic E-state index is 4.51. The molecule has 4 heteroatoms. The lowest BCUT2D eigenvalue weighted by atomic mass is 10.1. The fourth-order valence-electron chi connectivity index (χ4n) is 2.13. The SMILES string of the molecule is CCCNC(CCC)C(CC)Sc1nccc(C)n1. The Morgan fingerprint density at radius 2 is 2.05 bits per heavy atom. The van der Waals surface area contributed by atoms with Crippen molar-refractivity contribution < 1.29 is 0 Å². The van der Waals surface area contributed by atoms with Crippen LogP contribution in [0.2, 0.25) is 0 Å². The maximum atomic E-state index is 4.51. The average Bonchev–Trinajstić information content (AvgIpc) is 2.41. The van der Waals surface area contributed by atoms with Gasteiger partial charge < -0.3 is 5.32 Å². The molecule has 2 unspecified atom stereocenters. The first-order chi connectivity index (χ1) is 9.21. The van der Waals surface area contributed by atoms with Crippen molar-refractivity contribution in [2.45, 2.75) is 69.8 Å². The van der Waals surface area contributed by atoms with Crippen LogP contribution in [0.5, 0.6) is 0 Å². The van der Waals surface area contributed by atoms with E-state index >= 15 is 0 Å². The third kappa shape index (κ3) is 5.91. The molecule has 0 aliphatic heterocycles. The molecule has 1 aromatic heterocycles. The molecule has 0 saturated carbocycles. The summed E-state index contributed by atoms with van der Waals surface area (Å²) in [5.41, 5.74) is 1.04. The Labute approximate surface area is 122 Å². The minimum absolute atomic E-state index is 0.549. The van der Waals surface area contributed by atoms with Gasteiger partial charge in [-0.3, -0.25) is 0 Å². The summed E-state index contributed by atoms with van der Waals surface area (Å²) in [6.07, 6.45) is 6.61. The van der Waals surface area contributed by atoms with Gasteiger partial charge in [0.2, 0.25) is 0 Å². The first-order valence-corrected chi connectivity index (χ1v) is 8.28. The molecule has 0 aliphatic rings. The highest BCUT2D eigenvalue weighted by atomic mass is 32.2. The third-order valence-electron chi connectivity index (χ3n) is 3.14. The Hall–Kier alpha value is -0.610. The van der Waals surface area contributed by atoms with Crippen molar-refractivity contribution in [3.05, 3.63) is 18.0 Å². The number of nitrogens with zero attached hydrogens (tertiary/aromatic N) is 2. The second kappa shape index (κ2) is 9.32. The van der Waals surface area contributed by atoms with E-state index in [0.29, 0.717) is 11.3 Å². The van der Waals surface area contributed by atoms with Gasteiger partial charge in [-0.1, -0.05) is 39.0 Å². The van der Waals surface area contributed by atoms with E-state index in [1.54, 1.807) is 0 Å². The van der Waals surface area contributed by atoms with Gasteiger partial charge in [0, 0.05) is 23.2 Å². The van der Waals surface area contributed by atoms with Crippen LogP contribution in [0.25, 0.3) is 0 Å². The van der Waals surface area contributed by atoms with E-state index in [0.717, 1.165) is 23.8 Å². The van der Waals surface area contributed by atoms with Gasteiger partial charge >= 0.3 is 0 Å². The minimum Gasteiger partial charge on any atom is -0.313 e. The lowest BCUT2D eigenvalue weighted by molar-refractivity contribution is 0.454. The summed E-state index contributed by atoms with van der Waals surface area (Å²) in [5, 5.41) is 5.14. The van der Waals surface area contributed by atoms with Crippen LogP contribution in [0.3, 0.4) is 0 Å². The van der Waals surface area contributed by atoms with Gasteiger partial charge in [0.25, 0.3) is 0 Å². The molecule has 0 spiro atoms. The molecule has 2 atom stereocenters. The van der Waals surface area contributed by atoms with E-state index in [2.05, 4.69) is 36.1 Å². The molecule has 0 aliphatic carbocycles. The summed E-state index contributed by atoms with van der Waals surface area (Å²) in [7, 11) is 0. The normalized spacial score (nSPS) is 14.3. The van der Waals surface area contributed by atoms with E-state index in [9.17, 15) is 0 Å². The minimum atomic E-state index is 0.549. The highest BCUT2D eigenvalue weighted by Crippen LogP contribution is 2.26. The molecule has 1 N–H and O–H groups in total. The highest BCUT2D eigenvalue weighted by Gasteiger charge is 2.20. The fraction of sp³-hybridized carbons (Fsp3) is 0.733. The summed E-state index contributed by atoms with van der Waals surface area (Å²) < 4.78 is 0. The van der Waals surface area contributed by atoms with Crippen LogP contribution >= 0.6 is 11.8 Å². The van der Waals surface area contributed by atoms with Crippen LogP contribution in [-0.2, 0) is 0 Å². The number of thioether (sulfide) groups is 1. The van der Waals surface area contributed by atoms with Gasteiger partial charge in [-0.25, -0.2) is 9.97 Å². The molecule has 108 valence electrons. The Kier molecular flexibility index (Phi) is 8.07. The topological polar surface area (TPSA) is 37.8 Å². The van der Waals surface area contributed by atoms with Crippen LogP contribution in [0.15, 0.2) is 17.4 Å². The first-order valence-electron chi connectivity index (χ1n) is 7.40. The Morgan fingerprint density at radius 1 is 1.26 bits per heavy atom. The van der Waals surface area contributed by atoms with Gasteiger partial charge in [-0.15, -0.1) is 0 Å². The zero-order valence-electron chi connectivity index (χ0n) is 12.6. The molecular weight excluding hydrogens is 254 g/mol. The second-order valence-electron chi connectivity index (χ2n) is 4.89. The van der Waals surface area contributed by atoms with Crippen LogP contribution in [0, 0.1) is 6.92 Å². The van der Waals surface area contributed by atoms with Crippen LogP contribution in [-0.4, -0.2) is 27.8 Å². The average molecular weight is 281 g/mol. The van der Waals surface area contributed by atoms with Gasteiger partial charge in [0.05, 0.1) is 0 Å². The third-order valence-corrected chi connectivity index (χ3v) is 4.51. The van der Waals surface area contributed by atoms with Crippen molar-refractivity contribution in [2.75, 3.05) is 6.54 Å². The summed E-state index contributed by atoms with van der Waals surface area (Å²) >= 11 is 1.82. The maximum Gasteiger partial charge on any atom is 0.188 e. The highest BCUT2D eigenvalue weighted by molar-refractivity contribution is 7.99. The molecule has 0 amide bonds. The number of hydrogen-bond donors (Lipinski definition) is 1. The number of rotatable bonds is 9. The fourth-order valence-corrected chi connectivity index (χ4v) is 3.28. The zero-order chi connectivity index (χ0) is 14.1. The molecule has 0 radical (unpaired) electrons. The lowest BCUT2D eigenvalue weighted by Crippen LogP contribution is -2.38. The Bertz CT molecular complexity index is 357. The molecule has 0 saturated heterocycles. The predicted molar refractivity (Wildman–Crippen MR) is 83.7 cm³/mol. The second-order valence-corrected chi connectivity index (χ2v) is 6.10. The summed E-state index contributed by atoms with van der Waals surface area (Å²) in [6.45, 7) is 9.83. The monoisotopic (exact) mass is 281 g/mol. The lowest BCUT2D eigenvalue weighted by Gasteiger charge is -2.26. The van der Waals surface area contributed by atoms with Gasteiger partial charge in [-0.05, 0) is 38.8 Å². The van der Waals surface area contributed by atoms with E-state index in [4.69, 9.17) is 0 Å². The van der Waals surface area contributed by atoms with Gasteiger partial charge in [-0.2, -0.15) is 0 Å². The standard InChI is InChI=1S/C15H27N3S/c1-5-8-13(16-10-6-2)14(7-3)19-15-17-11-9-12(4)18-15/h9,11,13-14,16H,5-8,10H2,1-4H3. The van der Waals surface area contributed by atoms with Crippen LogP contribution in [0.1, 0.15) is 52.1 Å². The molecule has 1 aromatic rings. The van der Waals surface area contributed by atoms with Crippen molar-refractivity contribution in [1.82, 2.24) is 15.3 Å². The van der Waals surface area contributed by atoms with Crippen molar-refractivity contribution >= 4 is 11.8 Å². The molecule has 1 rings (SSSR count). The number of aryl methyl sites for hydroxylation is 1. The zero-order valence-corrected chi connectivity index (χ0v) is 13.5. The molecule has 0 aromatic carbocycles. The summed E-state index contributed by atoms with van der Waals surface area (Å²) in [6, 6.07) is 2.51. The van der Waals surface area contributed by atoms with Crippen molar-refractivity contribution in [3.8, 4) is 0 Å². The van der Waals surface area contributed by atoms with Gasteiger partial charge in [0.15, 0.2) is 5.16 Å². The van der Waals surface area contributed by atoms with Crippen molar-refractivity contribution in [2.24, 2.45) is 0 Å². The molecule has 3 nitrogen and oxygen atoms in total. The van der Waals surface area contributed by atoms with E-state index in [1.807, 2.05) is 30.9 Å². The van der Waals surface area contributed by atoms with Gasteiger partial charge in [0.1, 0.15) is 0 Å². The largest absolute Gasteiger partial charge is 0.313 e. The Morgan fingerprint density at radius 3 is 2.63 bits per heavy atom. The molecule has 0 fully saturated rings. The van der Waals surface area contributed by atoms with Crippen LogP contribution in [0.4, 0.5) is 0 Å². The quantitative estimate of drug-likeness (QED) is 0.551. The number of hydrogen-bond acceptors (Lipinski definition) is 4.